The van der Waals surface area contributed by atoms with Crippen molar-refractivity contribution in [3.8, 4) is 0 Å². The molecule has 2 aliphatic heterocycles. The van der Waals surface area contributed by atoms with Crippen LogP contribution in [0.2, 0.25) is 0 Å². The number of piperazine rings is 1. The smallest absolute Gasteiger partial charge is 0.252 e. The highest BCUT2D eigenvalue weighted by atomic mass is 32.1. The van der Waals surface area contributed by atoms with Crippen LogP contribution >= 0.6 is 11.3 Å². The monoisotopic (exact) mass is 342 g/mol. The SMILES string of the molecule is O=C1N[C@@H](CC(=O)N2CCN(c3nccs3)CC2)c2ccccc21. The first kappa shape index (κ1) is 15.1. The Labute approximate surface area is 144 Å². The number of amides is 2. The summed E-state index contributed by atoms with van der Waals surface area (Å²) in [5.74, 6) is 0.00720. The van der Waals surface area contributed by atoms with Gasteiger partial charge in [0.25, 0.3) is 5.91 Å². The lowest BCUT2D eigenvalue weighted by molar-refractivity contribution is -0.132. The Morgan fingerprint density at radius 1 is 1.25 bits per heavy atom. The van der Waals surface area contributed by atoms with E-state index in [4.69, 9.17) is 0 Å². The van der Waals surface area contributed by atoms with E-state index < -0.39 is 0 Å². The van der Waals surface area contributed by atoms with Crippen LogP contribution in [0.15, 0.2) is 35.8 Å². The molecule has 0 spiro atoms. The Balaban J connectivity index is 1.37. The standard InChI is InChI=1S/C17H18N4O2S/c22-15(11-14-12-3-1-2-4-13(12)16(23)19-14)20-6-8-21(9-7-20)17-18-5-10-24-17/h1-5,10,14H,6-9,11H2,(H,19,23)/t14-/m0/s1. The molecular formula is C17H18N4O2S. The van der Waals surface area contributed by atoms with Gasteiger partial charge in [0.1, 0.15) is 0 Å². The molecule has 4 rings (SSSR count). The Morgan fingerprint density at radius 2 is 2.04 bits per heavy atom. The number of nitrogens with zero attached hydrogens (tertiary/aromatic N) is 3. The van der Waals surface area contributed by atoms with Crippen LogP contribution in [0.5, 0.6) is 0 Å². The van der Waals surface area contributed by atoms with Crippen molar-refractivity contribution in [1.82, 2.24) is 15.2 Å². The fourth-order valence-corrected chi connectivity index (χ4v) is 4.00. The fraction of sp³-hybridized carbons (Fsp3) is 0.353. The Hall–Kier alpha value is -2.41. The highest BCUT2D eigenvalue weighted by Gasteiger charge is 2.31. The summed E-state index contributed by atoms with van der Waals surface area (Å²) < 4.78 is 0. The molecule has 0 bridgehead atoms. The molecule has 3 heterocycles. The first-order valence-corrected chi connectivity index (χ1v) is 8.92. The van der Waals surface area contributed by atoms with Crippen LogP contribution in [0.25, 0.3) is 0 Å². The van der Waals surface area contributed by atoms with Crippen LogP contribution in [0.3, 0.4) is 0 Å². The predicted molar refractivity (Wildman–Crippen MR) is 92.2 cm³/mol. The number of rotatable bonds is 3. The van der Waals surface area contributed by atoms with Crippen molar-refractivity contribution in [2.75, 3.05) is 31.1 Å². The summed E-state index contributed by atoms with van der Waals surface area (Å²) in [5, 5.41) is 5.89. The number of benzene rings is 1. The van der Waals surface area contributed by atoms with E-state index in [0.717, 1.165) is 23.8 Å². The van der Waals surface area contributed by atoms with Gasteiger partial charge >= 0.3 is 0 Å². The van der Waals surface area contributed by atoms with Gasteiger partial charge in [-0.2, -0.15) is 0 Å². The molecule has 0 saturated carbocycles. The van der Waals surface area contributed by atoms with Gasteiger partial charge in [0, 0.05) is 43.3 Å². The third-order valence-corrected chi connectivity index (χ3v) is 5.42. The van der Waals surface area contributed by atoms with E-state index in [-0.39, 0.29) is 17.9 Å². The number of fused-ring (bicyclic) bond motifs is 1. The number of carbonyl (C=O) groups excluding carboxylic acids is 2. The maximum Gasteiger partial charge on any atom is 0.252 e. The van der Waals surface area contributed by atoms with Gasteiger partial charge in [-0.05, 0) is 11.6 Å². The third kappa shape index (κ3) is 2.75. The van der Waals surface area contributed by atoms with Crippen LogP contribution in [-0.2, 0) is 4.79 Å². The Kier molecular flexibility index (Phi) is 3.93. The molecule has 1 aromatic heterocycles. The Bertz CT molecular complexity index is 754. The quantitative estimate of drug-likeness (QED) is 0.921. The van der Waals surface area contributed by atoms with E-state index in [1.54, 1.807) is 17.5 Å². The zero-order valence-corrected chi connectivity index (χ0v) is 14.0. The number of aromatic nitrogens is 1. The van der Waals surface area contributed by atoms with Crippen LogP contribution in [0.4, 0.5) is 5.13 Å². The number of nitrogens with one attached hydrogen (secondary N) is 1. The van der Waals surface area contributed by atoms with Crippen LogP contribution < -0.4 is 10.2 Å². The molecule has 1 atom stereocenters. The second-order valence-corrected chi connectivity index (χ2v) is 6.87. The maximum atomic E-state index is 12.6. The molecule has 1 N–H and O–H groups in total. The van der Waals surface area contributed by atoms with Gasteiger partial charge in [-0.25, -0.2) is 4.98 Å². The summed E-state index contributed by atoms with van der Waals surface area (Å²) in [6.45, 7) is 2.99. The van der Waals surface area contributed by atoms with Crippen molar-refractivity contribution >= 4 is 28.3 Å². The highest BCUT2D eigenvalue weighted by molar-refractivity contribution is 7.13. The van der Waals surface area contributed by atoms with Crippen LogP contribution in [-0.4, -0.2) is 47.9 Å². The van der Waals surface area contributed by atoms with Crippen molar-refractivity contribution in [3.05, 3.63) is 47.0 Å². The molecular weight excluding hydrogens is 324 g/mol. The molecule has 1 fully saturated rings. The lowest BCUT2D eigenvalue weighted by Crippen LogP contribution is -2.49. The third-order valence-electron chi connectivity index (χ3n) is 4.59. The van der Waals surface area contributed by atoms with Gasteiger partial charge in [0.2, 0.25) is 5.91 Å². The van der Waals surface area contributed by atoms with Gasteiger partial charge in [0.05, 0.1) is 12.5 Å². The number of carbonyl (C=O) groups is 2. The molecule has 2 aromatic rings. The van der Waals surface area contributed by atoms with Crippen molar-refractivity contribution < 1.29 is 9.59 Å². The van der Waals surface area contributed by atoms with E-state index in [1.807, 2.05) is 34.5 Å². The first-order valence-electron chi connectivity index (χ1n) is 8.04. The van der Waals surface area contributed by atoms with Gasteiger partial charge < -0.3 is 15.1 Å². The molecule has 24 heavy (non-hydrogen) atoms. The molecule has 2 aliphatic rings. The molecule has 0 aliphatic carbocycles. The first-order chi connectivity index (χ1) is 11.7. The minimum Gasteiger partial charge on any atom is -0.345 e. The minimum atomic E-state index is -0.210. The fourth-order valence-electron chi connectivity index (χ4n) is 3.31. The van der Waals surface area contributed by atoms with Crippen LogP contribution in [0, 0.1) is 0 Å². The number of hydrogen-bond donors (Lipinski definition) is 1. The average Bonchev–Trinajstić information content (AvgIpc) is 3.25. The molecule has 1 aromatic carbocycles. The van der Waals surface area contributed by atoms with Gasteiger partial charge in [0.15, 0.2) is 5.13 Å². The van der Waals surface area contributed by atoms with E-state index in [0.29, 0.717) is 25.1 Å². The molecule has 124 valence electrons. The van der Waals surface area contributed by atoms with Gasteiger partial charge in [-0.3, -0.25) is 9.59 Å². The molecule has 7 heteroatoms. The van der Waals surface area contributed by atoms with Crippen LogP contribution in [0.1, 0.15) is 28.4 Å². The number of anilines is 1. The number of thiazole rings is 1. The maximum absolute atomic E-state index is 12.6. The molecule has 1 saturated heterocycles. The normalized spacial score (nSPS) is 20.0. The summed E-state index contributed by atoms with van der Waals surface area (Å²) in [5.41, 5.74) is 1.61. The largest absolute Gasteiger partial charge is 0.345 e. The average molecular weight is 342 g/mol. The van der Waals surface area contributed by atoms with Gasteiger partial charge in [-0.1, -0.05) is 18.2 Å². The molecule has 0 unspecified atom stereocenters. The zero-order chi connectivity index (χ0) is 16.5. The molecule has 6 nitrogen and oxygen atoms in total. The van der Waals surface area contributed by atoms with E-state index in [1.165, 1.54) is 0 Å². The number of hydrogen-bond acceptors (Lipinski definition) is 5. The summed E-state index contributed by atoms with van der Waals surface area (Å²) in [4.78, 5) is 33.0. The van der Waals surface area contributed by atoms with E-state index in [2.05, 4.69) is 15.2 Å². The van der Waals surface area contributed by atoms with Crippen molar-refractivity contribution in [2.45, 2.75) is 12.5 Å². The molecule has 2 amide bonds. The summed E-state index contributed by atoms with van der Waals surface area (Å²) in [6, 6.07) is 7.27. The van der Waals surface area contributed by atoms with Crippen molar-refractivity contribution in [3.63, 3.8) is 0 Å². The lowest BCUT2D eigenvalue weighted by Gasteiger charge is -2.35. The summed E-state index contributed by atoms with van der Waals surface area (Å²) >= 11 is 1.62. The topological polar surface area (TPSA) is 65.5 Å². The second-order valence-electron chi connectivity index (χ2n) is 6.00. The second kappa shape index (κ2) is 6.24. The summed E-state index contributed by atoms with van der Waals surface area (Å²) in [6.07, 6.45) is 2.12. The molecule has 0 radical (unpaired) electrons. The highest BCUT2D eigenvalue weighted by Crippen LogP contribution is 2.28. The predicted octanol–water partition coefficient (Wildman–Crippen LogP) is 1.67. The minimum absolute atomic E-state index is 0.0861. The lowest BCUT2D eigenvalue weighted by atomic mass is 10.0. The van der Waals surface area contributed by atoms with E-state index >= 15 is 0 Å². The van der Waals surface area contributed by atoms with Crippen molar-refractivity contribution in [1.29, 1.82) is 0 Å². The van der Waals surface area contributed by atoms with Crippen molar-refractivity contribution in [2.24, 2.45) is 0 Å². The van der Waals surface area contributed by atoms with E-state index in [9.17, 15) is 9.59 Å². The zero-order valence-electron chi connectivity index (χ0n) is 13.1. The van der Waals surface area contributed by atoms with Gasteiger partial charge in [-0.15, -0.1) is 11.3 Å². The Morgan fingerprint density at radius 3 is 2.79 bits per heavy atom. The summed E-state index contributed by atoms with van der Waals surface area (Å²) in [7, 11) is 0.